The number of hydrogen-bond donors (Lipinski definition) is 1. The number of quaternary nitrogens is 1. The van der Waals surface area contributed by atoms with E-state index >= 15 is 0 Å². The van der Waals surface area contributed by atoms with E-state index in [1.165, 1.54) is 5.56 Å². The van der Waals surface area contributed by atoms with Gasteiger partial charge in [0.2, 0.25) is 0 Å². The summed E-state index contributed by atoms with van der Waals surface area (Å²) in [6.45, 7) is 3.98. The molecular weight excluding hydrogens is 196 g/mol. The van der Waals surface area contributed by atoms with Crippen LogP contribution in [0.4, 0.5) is 0 Å². The summed E-state index contributed by atoms with van der Waals surface area (Å²) in [7, 11) is 0. The molecule has 16 heavy (non-hydrogen) atoms. The normalized spacial score (nSPS) is 10.3. The van der Waals surface area contributed by atoms with Crippen LogP contribution in [0.15, 0.2) is 48.5 Å². The number of nitrogens with zero attached hydrogens (tertiary/aromatic N) is 1. The average Bonchev–Trinajstić information content (AvgIpc) is 2.30. The van der Waals surface area contributed by atoms with Gasteiger partial charge in [0.1, 0.15) is 13.1 Å². The van der Waals surface area contributed by atoms with E-state index in [9.17, 15) is 0 Å². The van der Waals surface area contributed by atoms with E-state index in [1.807, 2.05) is 19.1 Å². The van der Waals surface area contributed by atoms with Crippen LogP contribution < -0.4 is 5.32 Å². The van der Waals surface area contributed by atoms with Crippen LogP contribution in [-0.2, 0) is 13.1 Å². The maximum absolute atomic E-state index is 4.47. The molecule has 2 heteroatoms. The van der Waals surface area contributed by atoms with Crippen molar-refractivity contribution in [3.05, 3.63) is 65.5 Å². The molecule has 2 rings (SSSR count). The minimum absolute atomic E-state index is 0.941. The first-order valence-electron chi connectivity index (χ1n) is 5.63. The molecule has 1 aromatic carbocycles. The van der Waals surface area contributed by atoms with Gasteiger partial charge in [0.05, 0.1) is 5.69 Å². The molecule has 0 spiro atoms. The maximum Gasteiger partial charge on any atom is 0.119 e. The smallest absolute Gasteiger partial charge is 0.119 e. The number of nitrogens with two attached hydrogens (primary N) is 1. The van der Waals surface area contributed by atoms with Crippen molar-refractivity contribution >= 4 is 0 Å². The van der Waals surface area contributed by atoms with Crippen LogP contribution in [0, 0.1) is 6.92 Å². The van der Waals surface area contributed by atoms with Crippen molar-refractivity contribution in [2.24, 2.45) is 0 Å². The monoisotopic (exact) mass is 213 g/mol. The van der Waals surface area contributed by atoms with E-state index in [4.69, 9.17) is 0 Å². The molecule has 0 aliphatic carbocycles. The van der Waals surface area contributed by atoms with E-state index in [0.717, 1.165) is 24.5 Å². The molecule has 0 aliphatic heterocycles. The van der Waals surface area contributed by atoms with Crippen LogP contribution in [0.3, 0.4) is 0 Å². The predicted octanol–water partition coefficient (Wildman–Crippen LogP) is 1.65. The minimum atomic E-state index is 0.941. The number of pyridine rings is 1. The van der Waals surface area contributed by atoms with Crippen LogP contribution in [0.5, 0.6) is 0 Å². The Morgan fingerprint density at radius 1 is 0.938 bits per heavy atom. The Morgan fingerprint density at radius 3 is 2.50 bits per heavy atom. The second kappa shape index (κ2) is 5.42. The highest BCUT2D eigenvalue weighted by Crippen LogP contribution is 1.97. The molecule has 2 N–H and O–H groups in total. The zero-order chi connectivity index (χ0) is 11.2. The zero-order valence-corrected chi connectivity index (χ0v) is 9.56. The second-order valence-corrected chi connectivity index (χ2v) is 3.95. The molecular formula is C14H17N2+. The molecule has 82 valence electrons. The molecule has 2 nitrogen and oxygen atoms in total. The van der Waals surface area contributed by atoms with Crippen molar-refractivity contribution in [3.63, 3.8) is 0 Å². The van der Waals surface area contributed by atoms with Gasteiger partial charge in [0, 0.05) is 11.3 Å². The summed E-state index contributed by atoms with van der Waals surface area (Å²) in [4.78, 5) is 4.47. The van der Waals surface area contributed by atoms with E-state index in [-0.39, 0.29) is 0 Å². The first-order chi connectivity index (χ1) is 7.84. The largest absolute Gasteiger partial charge is 0.337 e. The molecule has 0 radical (unpaired) electrons. The van der Waals surface area contributed by atoms with Gasteiger partial charge in [-0.2, -0.15) is 0 Å². The summed E-state index contributed by atoms with van der Waals surface area (Å²) < 4.78 is 0. The third-order valence-electron chi connectivity index (χ3n) is 2.52. The van der Waals surface area contributed by atoms with Gasteiger partial charge in [-0.1, -0.05) is 36.4 Å². The van der Waals surface area contributed by atoms with Gasteiger partial charge < -0.3 is 5.32 Å². The Labute approximate surface area is 96.4 Å². The Bertz CT molecular complexity index is 437. The highest BCUT2D eigenvalue weighted by Gasteiger charge is 1.98. The van der Waals surface area contributed by atoms with Gasteiger partial charge in [-0.25, -0.2) is 0 Å². The molecule has 0 saturated carbocycles. The van der Waals surface area contributed by atoms with Crippen LogP contribution in [-0.4, -0.2) is 4.98 Å². The van der Waals surface area contributed by atoms with Gasteiger partial charge in [-0.15, -0.1) is 0 Å². The maximum atomic E-state index is 4.47. The summed E-state index contributed by atoms with van der Waals surface area (Å²) >= 11 is 0. The Kier molecular flexibility index (Phi) is 3.67. The fourth-order valence-corrected chi connectivity index (χ4v) is 1.71. The minimum Gasteiger partial charge on any atom is -0.337 e. The summed E-state index contributed by atoms with van der Waals surface area (Å²) in [5.74, 6) is 0. The first kappa shape index (κ1) is 10.8. The van der Waals surface area contributed by atoms with Crippen molar-refractivity contribution in [2.45, 2.75) is 20.0 Å². The number of aryl methyl sites for hydroxylation is 1. The van der Waals surface area contributed by atoms with E-state index < -0.39 is 0 Å². The van der Waals surface area contributed by atoms with Crippen LogP contribution in [0.25, 0.3) is 0 Å². The number of benzene rings is 1. The fraction of sp³-hybridized carbons (Fsp3) is 0.214. The summed E-state index contributed by atoms with van der Waals surface area (Å²) in [5.41, 5.74) is 3.59. The summed E-state index contributed by atoms with van der Waals surface area (Å²) in [5, 5.41) is 2.27. The SMILES string of the molecule is Cc1cccc(C[NH2+]Cc2ccccc2)n1. The lowest BCUT2D eigenvalue weighted by Crippen LogP contribution is -2.80. The second-order valence-electron chi connectivity index (χ2n) is 3.95. The lowest BCUT2D eigenvalue weighted by molar-refractivity contribution is -0.686. The zero-order valence-electron chi connectivity index (χ0n) is 9.56. The molecule has 0 aliphatic rings. The van der Waals surface area contributed by atoms with Gasteiger partial charge >= 0.3 is 0 Å². The third kappa shape index (κ3) is 3.17. The number of rotatable bonds is 4. The van der Waals surface area contributed by atoms with Crippen molar-refractivity contribution in [1.82, 2.24) is 4.98 Å². The summed E-state index contributed by atoms with van der Waals surface area (Å²) in [6.07, 6.45) is 0. The molecule has 1 heterocycles. The molecule has 0 amide bonds. The Morgan fingerprint density at radius 2 is 1.75 bits per heavy atom. The predicted molar refractivity (Wildman–Crippen MR) is 64.7 cm³/mol. The van der Waals surface area contributed by atoms with Gasteiger partial charge in [-0.3, -0.25) is 4.98 Å². The molecule has 1 aromatic heterocycles. The van der Waals surface area contributed by atoms with Crippen molar-refractivity contribution < 1.29 is 5.32 Å². The van der Waals surface area contributed by atoms with Gasteiger partial charge in [0.25, 0.3) is 0 Å². The van der Waals surface area contributed by atoms with Crippen molar-refractivity contribution in [2.75, 3.05) is 0 Å². The molecule has 0 atom stereocenters. The quantitative estimate of drug-likeness (QED) is 0.822. The van der Waals surface area contributed by atoms with E-state index in [0.29, 0.717) is 0 Å². The standard InChI is InChI=1S/C14H16N2/c1-12-6-5-9-14(16-12)11-15-10-13-7-3-2-4-8-13/h2-9,15H,10-11H2,1H3/p+1. The molecule has 0 fully saturated rings. The van der Waals surface area contributed by atoms with Gasteiger partial charge in [-0.05, 0) is 19.1 Å². The molecule has 2 aromatic rings. The van der Waals surface area contributed by atoms with Crippen molar-refractivity contribution in [3.8, 4) is 0 Å². The lowest BCUT2D eigenvalue weighted by atomic mass is 10.2. The van der Waals surface area contributed by atoms with Crippen LogP contribution >= 0.6 is 0 Å². The summed E-state index contributed by atoms with van der Waals surface area (Å²) in [6, 6.07) is 16.7. The molecule has 0 bridgehead atoms. The van der Waals surface area contributed by atoms with Crippen LogP contribution in [0.1, 0.15) is 17.0 Å². The number of hydrogen-bond acceptors (Lipinski definition) is 1. The molecule has 0 saturated heterocycles. The topological polar surface area (TPSA) is 29.5 Å². The van der Waals surface area contributed by atoms with E-state index in [1.54, 1.807) is 0 Å². The lowest BCUT2D eigenvalue weighted by Gasteiger charge is -2.02. The Balaban J connectivity index is 1.85. The average molecular weight is 213 g/mol. The fourth-order valence-electron chi connectivity index (χ4n) is 1.71. The molecule has 0 unspecified atom stereocenters. The third-order valence-corrected chi connectivity index (χ3v) is 2.52. The highest BCUT2D eigenvalue weighted by molar-refractivity contribution is 5.13. The Hall–Kier alpha value is -1.67. The highest BCUT2D eigenvalue weighted by atomic mass is 14.9. The van der Waals surface area contributed by atoms with Crippen LogP contribution in [0.2, 0.25) is 0 Å². The van der Waals surface area contributed by atoms with E-state index in [2.05, 4.69) is 46.7 Å². The first-order valence-corrected chi connectivity index (χ1v) is 5.63. The van der Waals surface area contributed by atoms with Gasteiger partial charge in [0.15, 0.2) is 0 Å². The van der Waals surface area contributed by atoms with Crippen molar-refractivity contribution in [1.29, 1.82) is 0 Å². The number of aromatic nitrogens is 1.